The van der Waals surface area contributed by atoms with Gasteiger partial charge in [0, 0.05) is 25.7 Å². The van der Waals surface area contributed by atoms with E-state index < -0.39 is 0 Å². The van der Waals surface area contributed by atoms with Crippen molar-refractivity contribution in [1.29, 1.82) is 0 Å². The summed E-state index contributed by atoms with van der Waals surface area (Å²) in [6.07, 6.45) is 1.50. The molecule has 0 aromatic carbocycles. The van der Waals surface area contributed by atoms with Crippen LogP contribution < -0.4 is 15.8 Å². The first-order valence-corrected chi connectivity index (χ1v) is 7.40. The van der Waals surface area contributed by atoms with Gasteiger partial charge in [0.05, 0.1) is 19.3 Å². The number of nitrogen functional groups attached to an aromatic ring is 1. The Morgan fingerprint density at radius 3 is 2.71 bits per heavy atom. The predicted octanol–water partition coefficient (Wildman–Crippen LogP) is 0.979. The lowest BCUT2D eigenvalue weighted by Gasteiger charge is -2.29. The predicted molar refractivity (Wildman–Crippen MR) is 82.6 cm³/mol. The van der Waals surface area contributed by atoms with Gasteiger partial charge in [-0.05, 0) is 20.8 Å². The highest BCUT2D eigenvalue weighted by Gasteiger charge is 2.16. The highest BCUT2D eigenvalue weighted by molar-refractivity contribution is 5.66. The van der Waals surface area contributed by atoms with Crippen molar-refractivity contribution in [2.24, 2.45) is 0 Å². The largest absolute Gasteiger partial charge is 0.473 e. The molecule has 0 bridgehead atoms. The zero-order valence-corrected chi connectivity index (χ0v) is 13.0. The van der Waals surface area contributed by atoms with E-state index in [0.29, 0.717) is 17.4 Å². The van der Waals surface area contributed by atoms with Gasteiger partial charge < -0.3 is 20.5 Å². The quantitative estimate of drug-likeness (QED) is 0.809. The molecule has 0 spiro atoms. The van der Waals surface area contributed by atoms with Crippen molar-refractivity contribution in [3.05, 3.63) is 6.33 Å². The minimum atomic E-state index is 0.0285. The molecule has 1 atom stereocenters. The maximum absolute atomic E-state index is 6.07. The Balaban J connectivity index is 1.94. The van der Waals surface area contributed by atoms with Crippen LogP contribution in [0.15, 0.2) is 6.33 Å². The summed E-state index contributed by atoms with van der Waals surface area (Å²) in [5, 5.41) is 3.33. The fourth-order valence-electron chi connectivity index (χ4n) is 2.26. The van der Waals surface area contributed by atoms with Gasteiger partial charge in [-0.1, -0.05) is 0 Å². The van der Waals surface area contributed by atoms with Crippen molar-refractivity contribution < 1.29 is 9.47 Å². The summed E-state index contributed by atoms with van der Waals surface area (Å²) in [5.41, 5.74) is 6.53. The molecule has 1 unspecified atom stereocenters. The van der Waals surface area contributed by atoms with Gasteiger partial charge in [-0.3, -0.25) is 4.90 Å². The average molecular weight is 295 g/mol. The summed E-state index contributed by atoms with van der Waals surface area (Å²) >= 11 is 0. The zero-order chi connectivity index (χ0) is 15.2. The van der Waals surface area contributed by atoms with Crippen LogP contribution in [0.2, 0.25) is 0 Å². The third-order valence-corrected chi connectivity index (χ3v) is 3.21. The molecule has 7 nitrogen and oxygen atoms in total. The SMILES string of the molecule is CC(CN1CCOCC1)Nc1ncnc(OC(C)C)c1N. The molecule has 1 aromatic rings. The molecule has 1 aromatic heterocycles. The topological polar surface area (TPSA) is 85.5 Å². The molecule has 118 valence electrons. The molecule has 7 heteroatoms. The molecule has 0 aliphatic carbocycles. The van der Waals surface area contributed by atoms with E-state index in [9.17, 15) is 0 Å². The first kappa shape index (κ1) is 15.8. The fraction of sp³-hybridized carbons (Fsp3) is 0.714. The van der Waals surface area contributed by atoms with Crippen molar-refractivity contribution >= 4 is 11.5 Å². The van der Waals surface area contributed by atoms with Crippen LogP contribution in [0.4, 0.5) is 11.5 Å². The van der Waals surface area contributed by atoms with Crippen LogP contribution in [-0.2, 0) is 4.74 Å². The first-order valence-electron chi connectivity index (χ1n) is 7.40. The molecule has 21 heavy (non-hydrogen) atoms. The summed E-state index contributed by atoms with van der Waals surface area (Å²) in [6.45, 7) is 10.4. The number of anilines is 2. The van der Waals surface area contributed by atoms with E-state index in [4.69, 9.17) is 15.2 Å². The summed E-state index contributed by atoms with van der Waals surface area (Å²) in [4.78, 5) is 10.7. The van der Waals surface area contributed by atoms with Crippen molar-refractivity contribution in [2.75, 3.05) is 43.9 Å². The molecule has 0 amide bonds. The smallest absolute Gasteiger partial charge is 0.242 e. The third kappa shape index (κ3) is 4.71. The molecule has 1 fully saturated rings. The lowest BCUT2D eigenvalue weighted by Crippen LogP contribution is -2.42. The van der Waals surface area contributed by atoms with Gasteiger partial charge in [0.25, 0.3) is 0 Å². The normalized spacial score (nSPS) is 17.7. The van der Waals surface area contributed by atoms with E-state index in [1.165, 1.54) is 6.33 Å². The van der Waals surface area contributed by atoms with Crippen LogP contribution in [0, 0.1) is 0 Å². The Hall–Kier alpha value is -1.60. The highest BCUT2D eigenvalue weighted by Crippen LogP contribution is 2.25. The van der Waals surface area contributed by atoms with E-state index in [-0.39, 0.29) is 12.1 Å². The summed E-state index contributed by atoms with van der Waals surface area (Å²) < 4.78 is 10.9. The molecule has 1 aliphatic rings. The zero-order valence-electron chi connectivity index (χ0n) is 13.0. The van der Waals surface area contributed by atoms with Crippen LogP contribution in [0.25, 0.3) is 0 Å². The van der Waals surface area contributed by atoms with E-state index >= 15 is 0 Å². The molecule has 2 heterocycles. The molecular formula is C14H25N5O2. The number of hydrogen-bond donors (Lipinski definition) is 2. The van der Waals surface area contributed by atoms with Crippen LogP contribution in [0.3, 0.4) is 0 Å². The van der Waals surface area contributed by atoms with E-state index in [1.807, 2.05) is 13.8 Å². The number of hydrogen-bond acceptors (Lipinski definition) is 7. The fourth-order valence-corrected chi connectivity index (χ4v) is 2.26. The van der Waals surface area contributed by atoms with Crippen molar-refractivity contribution in [1.82, 2.24) is 14.9 Å². The maximum atomic E-state index is 6.07. The molecule has 2 rings (SSSR count). The van der Waals surface area contributed by atoms with E-state index in [0.717, 1.165) is 32.8 Å². The third-order valence-electron chi connectivity index (χ3n) is 3.21. The lowest BCUT2D eigenvalue weighted by molar-refractivity contribution is 0.0368. The van der Waals surface area contributed by atoms with Crippen molar-refractivity contribution in [3.8, 4) is 5.88 Å². The standard InChI is InChI=1S/C14H25N5O2/c1-10(2)21-14-12(15)13(16-9-17-14)18-11(3)8-19-4-6-20-7-5-19/h9-11H,4-8,15H2,1-3H3,(H,16,17,18). The molecule has 0 radical (unpaired) electrons. The number of morpholine rings is 1. The second-order valence-electron chi connectivity index (χ2n) is 5.57. The van der Waals surface area contributed by atoms with E-state index in [2.05, 4.69) is 27.1 Å². The van der Waals surface area contributed by atoms with Crippen molar-refractivity contribution in [2.45, 2.75) is 32.9 Å². The van der Waals surface area contributed by atoms with Crippen LogP contribution in [0.1, 0.15) is 20.8 Å². The molecular weight excluding hydrogens is 270 g/mol. The van der Waals surface area contributed by atoms with Gasteiger partial charge in [0.15, 0.2) is 5.82 Å². The van der Waals surface area contributed by atoms with Crippen molar-refractivity contribution in [3.63, 3.8) is 0 Å². The summed E-state index contributed by atoms with van der Waals surface area (Å²) in [7, 11) is 0. The molecule has 3 N–H and O–H groups in total. The number of nitrogens with one attached hydrogen (secondary N) is 1. The second kappa shape index (κ2) is 7.42. The van der Waals surface area contributed by atoms with Gasteiger partial charge in [0.2, 0.25) is 5.88 Å². The number of nitrogens with zero attached hydrogens (tertiary/aromatic N) is 3. The Morgan fingerprint density at radius 2 is 2.05 bits per heavy atom. The minimum absolute atomic E-state index is 0.0285. The molecule has 0 saturated carbocycles. The summed E-state index contributed by atoms with van der Waals surface area (Å²) in [5.74, 6) is 1.06. The Bertz CT molecular complexity index is 449. The Morgan fingerprint density at radius 1 is 1.33 bits per heavy atom. The monoisotopic (exact) mass is 295 g/mol. The number of rotatable bonds is 6. The van der Waals surface area contributed by atoms with E-state index in [1.54, 1.807) is 0 Å². The van der Waals surface area contributed by atoms with Gasteiger partial charge in [-0.15, -0.1) is 0 Å². The summed E-state index contributed by atoms with van der Waals surface area (Å²) in [6, 6.07) is 0.229. The van der Waals surface area contributed by atoms with Crippen LogP contribution >= 0.6 is 0 Å². The van der Waals surface area contributed by atoms with Gasteiger partial charge in [-0.2, -0.15) is 4.98 Å². The number of nitrogens with two attached hydrogens (primary N) is 1. The number of aromatic nitrogens is 2. The van der Waals surface area contributed by atoms with Crippen LogP contribution in [0.5, 0.6) is 5.88 Å². The number of ether oxygens (including phenoxy) is 2. The molecule has 1 saturated heterocycles. The Kier molecular flexibility index (Phi) is 5.58. The maximum Gasteiger partial charge on any atom is 0.242 e. The molecule has 1 aliphatic heterocycles. The average Bonchev–Trinajstić information content (AvgIpc) is 2.44. The highest BCUT2D eigenvalue weighted by atomic mass is 16.5. The second-order valence-corrected chi connectivity index (χ2v) is 5.57. The lowest BCUT2D eigenvalue weighted by atomic mass is 10.2. The van der Waals surface area contributed by atoms with Gasteiger partial charge in [-0.25, -0.2) is 4.98 Å². The van der Waals surface area contributed by atoms with Gasteiger partial charge >= 0.3 is 0 Å². The first-order chi connectivity index (χ1) is 10.1. The van der Waals surface area contributed by atoms with Crippen LogP contribution in [-0.4, -0.2) is 59.9 Å². The Labute approximate surface area is 125 Å². The minimum Gasteiger partial charge on any atom is -0.473 e. The van der Waals surface area contributed by atoms with Gasteiger partial charge in [0.1, 0.15) is 12.0 Å².